The van der Waals surface area contributed by atoms with Crippen LogP contribution in [-0.4, -0.2) is 41.8 Å². The molecule has 1 aromatic rings. The Morgan fingerprint density at radius 2 is 2.37 bits per heavy atom. The van der Waals surface area contributed by atoms with Gasteiger partial charge in [-0.05, 0) is 27.9 Å². The summed E-state index contributed by atoms with van der Waals surface area (Å²) < 4.78 is 6.27. The molecule has 0 amide bonds. The normalized spacial score (nSPS) is 27.7. The largest absolute Gasteiger partial charge is 0.481 e. The molecule has 1 aliphatic rings. The molecule has 1 N–H and O–H groups in total. The Bertz CT molecular complexity index is 455. The molecule has 106 valence electrons. The fraction of sp³-hybridized carbons (Fsp3) is 0.643. The maximum atomic E-state index is 9.55. The van der Waals surface area contributed by atoms with Gasteiger partial charge in [-0.1, -0.05) is 13.8 Å². The third-order valence-electron chi connectivity index (χ3n) is 4.15. The Morgan fingerprint density at radius 1 is 1.63 bits per heavy atom. The number of nitrogens with zero attached hydrogens (tertiary/aromatic N) is 2. The molecule has 2 unspecified atom stereocenters. The lowest BCUT2D eigenvalue weighted by Crippen LogP contribution is -2.30. The van der Waals surface area contributed by atoms with Crippen molar-refractivity contribution in [1.29, 1.82) is 0 Å². The molecule has 1 saturated heterocycles. The molecular formula is C14H21BrN2O2. The van der Waals surface area contributed by atoms with Gasteiger partial charge in [0.1, 0.15) is 0 Å². The van der Waals surface area contributed by atoms with Gasteiger partial charge in [0, 0.05) is 47.9 Å². The van der Waals surface area contributed by atoms with Crippen LogP contribution in [0.4, 0.5) is 0 Å². The number of rotatable bonds is 4. The molecule has 0 radical (unpaired) electrons. The molecule has 0 bridgehead atoms. The molecule has 2 atom stereocenters. The molecular weight excluding hydrogens is 308 g/mol. The highest BCUT2D eigenvalue weighted by atomic mass is 79.9. The van der Waals surface area contributed by atoms with Crippen molar-refractivity contribution in [2.45, 2.75) is 20.4 Å². The average molecular weight is 329 g/mol. The number of halogens is 1. The summed E-state index contributed by atoms with van der Waals surface area (Å²) in [4.78, 5) is 6.62. The van der Waals surface area contributed by atoms with E-state index in [-0.39, 0.29) is 12.0 Å². The summed E-state index contributed by atoms with van der Waals surface area (Å²) in [5.41, 5.74) is 1.07. The lowest BCUT2D eigenvalue weighted by molar-refractivity contribution is 0.117. The Kier molecular flexibility index (Phi) is 4.48. The third-order valence-corrected chi connectivity index (χ3v) is 4.58. The van der Waals surface area contributed by atoms with Gasteiger partial charge in [-0.15, -0.1) is 0 Å². The summed E-state index contributed by atoms with van der Waals surface area (Å²) in [6.07, 6.45) is 1.74. The predicted octanol–water partition coefficient (Wildman–Crippen LogP) is 2.30. The van der Waals surface area contributed by atoms with Crippen LogP contribution in [0, 0.1) is 11.3 Å². The van der Waals surface area contributed by atoms with Crippen LogP contribution >= 0.6 is 15.9 Å². The summed E-state index contributed by atoms with van der Waals surface area (Å²) in [5, 5.41) is 9.55. The van der Waals surface area contributed by atoms with Crippen molar-refractivity contribution in [3.05, 3.63) is 22.3 Å². The highest BCUT2D eigenvalue weighted by molar-refractivity contribution is 9.10. The van der Waals surface area contributed by atoms with E-state index in [4.69, 9.17) is 4.74 Å². The number of hydrogen-bond acceptors (Lipinski definition) is 4. The van der Waals surface area contributed by atoms with Gasteiger partial charge in [0.2, 0.25) is 5.88 Å². The second kappa shape index (κ2) is 5.77. The standard InChI is InChI=1S/C14H21BrN2O2/c1-10-6-17(8-14(10,2)9-18)7-11-4-12(15)5-16-13(11)19-3/h4-5,10,18H,6-9H2,1-3H3. The van der Waals surface area contributed by atoms with Crippen molar-refractivity contribution >= 4 is 15.9 Å². The minimum atomic E-state index is -0.00727. The molecule has 0 aliphatic carbocycles. The monoisotopic (exact) mass is 328 g/mol. The second-order valence-electron chi connectivity index (χ2n) is 5.70. The minimum absolute atomic E-state index is 0.00727. The Morgan fingerprint density at radius 3 is 2.95 bits per heavy atom. The third kappa shape index (κ3) is 3.09. The van der Waals surface area contributed by atoms with Gasteiger partial charge in [-0.3, -0.25) is 4.90 Å². The van der Waals surface area contributed by atoms with E-state index >= 15 is 0 Å². The number of methoxy groups -OCH3 is 1. The van der Waals surface area contributed by atoms with Crippen LogP contribution in [0.3, 0.4) is 0 Å². The number of likely N-dealkylation sites (tertiary alicyclic amines) is 1. The Hall–Kier alpha value is -0.650. The molecule has 2 rings (SSSR count). The number of hydrogen-bond donors (Lipinski definition) is 1. The minimum Gasteiger partial charge on any atom is -0.481 e. The highest BCUT2D eigenvalue weighted by Gasteiger charge is 2.39. The van der Waals surface area contributed by atoms with Gasteiger partial charge in [0.15, 0.2) is 0 Å². The van der Waals surface area contributed by atoms with Gasteiger partial charge in [-0.25, -0.2) is 4.98 Å². The summed E-state index contributed by atoms with van der Waals surface area (Å²) >= 11 is 3.45. The van der Waals surface area contributed by atoms with Crippen molar-refractivity contribution in [3.8, 4) is 5.88 Å². The van der Waals surface area contributed by atoms with Gasteiger partial charge >= 0.3 is 0 Å². The van der Waals surface area contributed by atoms with E-state index in [1.807, 2.05) is 6.07 Å². The molecule has 1 aromatic heterocycles. The van der Waals surface area contributed by atoms with Crippen molar-refractivity contribution < 1.29 is 9.84 Å². The topological polar surface area (TPSA) is 45.6 Å². The van der Waals surface area contributed by atoms with Gasteiger partial charge in [-0.2, -0.15) is 0 Å². The van der Waals surface area contributed by atoms with E-state index in [0.717, 1.165) is 29.7 Å². The SMILES string of the molecule is COc1ncc(Br)cc1CN1CC(C)C(C)(CO)C1. The maximum absolute atomic E-state index is 9.55. The lowest BCUT2D eigenvalue weighted by atomic mass is 9.82. The van der Waals surface area contributed by atoms with Crippen LogP contribution in [-0.2, 0) is 6.54 Å². The Balaban J connectivity index is 2.13. The highest BCUT2D eigenvalue weighted by Crippen LogP contribution is 2.36. The van der Waals surface area contributed by atoms with E-state index in [0.29, 0.717) is 11.8 Å². The fourth-order valence-electron chi connectivity index (χ4n) is 2.67. The van der Waals surface area contributed by atoms with Crippen LogP contribution in [0.1, 0.15) is 19.4 Å². The molecule has 5 heteroatoms. The molecule has 4 nitrogen and oxygen atoms in total. The fourth-order valence-corrected chi connectivity index (χ4v) is 3.05. The van der Waals surface area contributed by atoms with Crippen LogP contribution < -0.4 is 4.74 Å². The predicted molar refractivity (Wildman–Crippen MR) is 78.1 cm³/mol. The van der Waals surface area contributed by atoms with Crippen LogP contribution in [0.5, 0.6) is 5.88 Å². The van der Waals surface area contributed by atoms with Crippen molar-refractivity contribution in [2.75, 3.05) is 26.8 Å². The first kappa shape index (κ1) is 14.8. The summed E-state index contributed by atoms with van der Waals surface area (Å²) in [5.74, 6) is 1.16. The van der Waals surface area contributed by atoms with Crippen LogP contribution in [0.15, 0.2) is 16.7 Å². The van der Waals surface area contributed by atoms with E-state index in [9.17, 15) is 5.11 Å². The van der Waals surface area contributed by atoms with E-state index in [1.54, 1.807) is 13.3 Å². The van der Waals surface area contributed by atoms with Gasteiger partial charge in [0.05, 0.1) is 7.11 Å². The quantitative estimate of drug-likeness (QED) is 0.921. The van der Waals surface area contributed by atoms with Gasteiger partial charge < -0.3 is 9.84 Å². The lowest BCUT2D eigenvalue weighted by Gasteiger charge is -2.25. The van der Waals surface area contributed by atoms with Gasteiger partial charge in [0.25, 0.3) is 0 Å². The van der Waals surface area contributed by atoms with Crippen molar-refractivity contribution in [3.63, 3.8) is 0 Å². The molecule has 1 fully saturated rings. The first-order valence-corrected chi connectivity index (χ1v) is 7.29. The molecule has 2 heterocycles. The summed E-state index contributed by atoms with van der Waals surface area (Å²) in [6, 6.07) is 2.05. The van der Waals surface area contributed by atoms with Crippen molar-refractivity contribution in [1.82, 2.24) is 9.88 Å². The first-order chi connectivity index (χ1) is 8.98. The number of aliphatic hydroxyl groups excluding tert-OH is 1. The van der Waals surface area contributed by atoms with E-state index < -0.39 is 0 Å². The number of ether oxygens (including phenoxy) is 1. The molecule has 0 aromatic carbocycles. The number of aromatic nitrogens is 1. The molecule has 1 aliphatic heterocycles. The zero-order valence-corrected chi connectivity index (χ0v) is 13.3. The average Bonchev–Trinajstić information content (AvgIpc) is 2.65. The first-order valence-electron chi connectivity index (χ1n) is 6.50. The van der Waals surface area contributed by atoms with Crippen molar-refractivity contribution in [2.24, 2.45) is 11.3 Å². The zero-order chi connectivity index (χ0) is 14.0. The molecule has 0 saturated carbocycles. The zero-order valence-electron chi connectivity index (χ0n) is 11.7. The number of aliphatic hydroxyl groups is 1. The second-order valence-corrected chi connectivity index (χ2v) is 6.62. The van der Waals surface area contributed by atoms with Crippen LogP contribution in [0.25, 0.3) is 0 Å². The molecule has 19 heavy (non-hydrogen) atoms. The summed E-state index contributed by atoms with van der Waals surface area (Å²) in [7, 11) is 1.64. The summed E-state index contributed by atoms with van der Waals surface area (Å²) in [6.45, 7) is 7.28. The van der Waals surface area contributed by atoms with E-state index in [2.05, 4.69) is 39.7 Å². The Labute approximate surface area is 122 Å². The molecule has 0 spiro atoms. The smallest absolute Gasteiger partial charge is 0.217 e. The number of pyridine rings is 1. The maximum Gasteiger partial charge on any atom is 0.217 e. The van der Waals surface area contributed by atoms with Crippen LogP contribution in [0.2, 0.25) is 0 Å². The van der Waals surface area contributed by atoms with E-state index in [1.165, 1.54) is 0 Å².